The number of sulfone groups is 1. The lowest BCUT2D eigenvalue weighted by Gasteiger charge is -2.17. The molecule has 1 atom stereocenters. The highest BCUT2D eigenvalue weighted by Gasteiger charge is 2.26. The van der Waals surface area contributed by atoms with Gasteiger partial charge in [-0.1, -0.05) is 26.0 Å². The van der Waals surface area contributed by atoms with E-state index in [-0.39, 0.29) is 29.0 Å². The second-order valence-corrected chi connectivity index (χ2v) is 10.7. The zero-order valence-electron chi connectivity index (χ0n) is 18.3. The molecule has 1 aliphatic rings. The van der Waals surface area contributed by atoms with Crippen molar-refractivity contribution in [1.29, 1.82) is 0 Å². The molecule has 4 rings (SSSR count). The molecule has 0 fully saturated rings. The van der Waals surface area contributed by atoms with Crippen LogP contribution in [0.1, 0.15) is 46.0 Å². The van der Waals surface area contributed by atoms with Gasteiger partial charge in [-0.2, -0.15) is 11.3 Å². The van der Waals surface area contributed by atoms with E-state index in [0.29, 0.717) is 22.2 Å². The van der Waals surface area contributed by atoms with E-state index in [4.69, 9.17) is 4.74 Å². The molecule has 0 unspecified atom stereocenters. The van der Waals surface area contributed by atoms with Crippen molar-refractivity contribution in [3.05, 3.63) is 63.2 Å². The lowest BCUT2D eigenvalue weighted by Crippen LogP contribution is -2.35. The van der Waals surface area contributed by atoms with Crippen LogP contribution in [0.4, 0.5) is 5.69 Å². The molecule has 0 spiro atoms. The summed E-state index contributed by atoms with van der Waals surface area (Å²) in [6, 6.07) is 6.47. The van der Waals surface area contributed by atoms with Crippen molar-refractivity contribution in [1.82, 2.24) is 10.3 Å². The van der Waals surface area contributed by atoms with Gasteiger partial charge in [-0.15, -0.1) is 0 Å². The number of aromatic nitrogens is 1. The van der Waals surface area contributed by atoms with E-state index in [9.17, 15) is 18.0 Å². The second-order valence-electron chi connectivity index (χ2n) is 8.01. The molecular formula is C23H23N3O5S2. The van der Waals surface area contributed by atoms with Crippen LogP contribution in [0.15, 0.2) is 46.5 Å². The largest absolute Gasteiger partial charge is 0.480 e. The van der Waals surface area contributed by atoms with Crippen molar-refractivity contribution in [3.8, 4) is 5.88 Å². The number of pyridine rings is 1. The highest BCUT2D eigenvalue weighted by molar-refractivity contribution is 7.94. The molecule has 0 saturated carbocycles. The number of fused-ring (bicyclic) bond motifs is 1. The number of nitrogens with zero attached hydrogens (tertiary/aromatic N) is 1. The zero-order valence-corrected chi connectivity index (χ0v) is 19.9. The van der Waals surface area contributed by atoms with Gasteiger partial charge in [0.25, 0.3) is 11.8 Å². The van der Waals surface area contributed by atoms with E-state index in [1.54, 1.807) is 6.07 Å². The molecule has 0 radical (unpaired) electrons. The second kappa shape index (κ2) is 8.95. The molecule has 2 N–H and O–H groups in total. The highest BCUT2D eigenvalue weighted by Crippen LogP contribution is 2.31. The molecule has 8 nitrogen and oxygen atoms in total. The predicted octanol–water partition coefficient (Wildman–Crippen LogP) is 3.72. The first-order chi connectivity index (χ1) is 15.7. The summed E-state index contributed by atoms with van der Waals surface area (Å²) < 4.78 is 28.7. The maximum atomic E-state index is 13.2. The first kappa shape index (κ1) is 22.9. The quantitative estimate of drug-likeness (QED) is 0.550. The topological polar surface area (TPSA) is 114 Å². The Hall–Kier alpha value is -3.24. The molecule has 2 aromatic heterocycles. The molecule has 33 heavy (non-hydrogen) atoms. The number of carbonyl (C=O) groups is 2. The summed E-state index contributed by atoms with van der Waals surface area (Å²) in [5.74, 6) is -0.881. The van der Waals surface area contributed by atoms with Crippen molar-refractivity contribution < 1.29 is 22.7 Å². The zero-order chi connectivity index (χ0) is 23.8. The Kier molecular flexibility index (Phi) is 6.22. The molecule has 3 heterocycles. The van der Waals surface area contributed by atoms with E-state index in [0.717, 1.165) is 11.0 Å². The van der Waals surface area contributed by atoms with E-state index in [2.05, 4.69) is 15.6 Å². The van der Waals surface area contributed by atoms with Gasteiger partial charge < -0.3 is 15.4 Å². The van der Waals surface area contributed by atoms with E-state index in [1.165, 1.54) is 24.5 Å². The Morgan fingerprint density at radius 3 is 2.61 bits per heavy atom. The number of nitrogens with one attached hydrogen (secondary N) is 2. The van der Waals surface area contributed by atoms with Crippen LogP contribution in [0.2, 0.25) is 0 Å². The van der Waals surface area contributed by atoms with Gasteiger partial charge in [-0.05, 0) is 35.1 Å². The van der Waals surface area contributed by atoms with Gasteiger partial charge in [0.15, 0.2) is 9.84 Å². The maximum Gasteiger partial charge on any atom is 0.258 e. The Bertz CT molecular complexity index is 1360. The van der Waals surface area contributed by atoms with Crippen LogP contribution in [0.5, 0.6) is 5.88 Å². The summed E-state index contributed by atoms with van der Waals surface area (Å²) in [4.78, 5) is 30.7. The number of methoxy groups -OCH3 is 1. The van der Waals surface area contributed by atoms with Crippen molar-refractivity contribution >= 4 is 49.6 Å². The average molecular weight is 486 g/mol. The van der Waals surface area contributed by atoms with Gasteiger partial charge in [0.2, 0.25) is 5.88 Å². The van der Waals surface area contributed by atoms with Crippen LogP contribution in [-0.4, -0.2) is 44.1 Å². The summed E-state index contributed by atoms with van der Waals surface area (Å²) >= 11 is 1.48. The molecule has 2 amide bonds. The number of amides is 2. The summed E-state index contributed by atoms with van der Waals surface area (Å²) in [7, 11) is -1.92. The van der Waals surface area contributed by atoms with E-state index in [1.807, 2.05) is 42.8 Å². The Balaban J connectivity index is 1.76. The third-order valence-electron chi connectivity index (χ3n) is 5.30. The smallest absolute Gasteiger partial charge is 0.258 e. The van der Waals surface area contributed by atoms with Gasteiger partial charge in [-0.3, -0.25) is 9.59 Å². The van der Waals surface area contributed by atoms with Crippen molar-refractivity contribution in [2.24, 2.45) is 0 Å². The molecular weight excluding hydrogens is 462 g/mol. The Morgan fingerprint density at radius 1 is 1.21 bits per heavy atom. The van der Waals surface area contributed by atoms with E-state index >= 15 is 0 Å². The van der Waals surface area contributed by atoms with Crippen molar-refractivity contribution in [2.75, 3.05) is 18.2 Å². The average Bonchev–Trinajstić information content (AvgIpc) is 3.40. The molecule has 0 saturated heterocycles. The third-order valence-corrected chi connectivity index (χ3v) is 7.38. The SMILES string of the molecule is COc1nc2c(C(=O)Nc3ccsc3)c(C(C)C)ccc2cc1C(=O)N[C@@H]1C=CS(=O)(=O)C1. The molecule has 172 valence electrons. The lowest BCUT2D eigenvalue weighted by molar-refractivity contribution is 0.0943. The minimum atomic E-state index is -3.31. The molecule has 1 aliphatic heterocycles. The first-order valence-corrected chi connectivity index (χ1v) is 12.9. The number of rotatable bonds is 6. The summed E-state index contributed by atoms with van der Waals surface area (Å²) in [5.41, 5.74) is 2.51. The van der Waals surface area contributed by atoms with Gasteiger partial charge in [0.1, 0.15) is 5.56 Å². The fourth-order valence-corrected chi connectivity index (χ4v) is 5.54. The van der Waals surface area contributed by atoms with Crippen LogP contribution in [0.3, 0.4) is 0 Å². The normalized spacial score (nSPS) is 16.8. The fraction of sp³-hybridized carbons (Fsp3) is 0.261. The maximum absolute atomic E-state index is 13.2. The number of hydrogen-bond donors (Lipinski definition) is 2. The highest BCUT2D eigenvalue weighted by atomic mass is 32.2. The van der Waals surface area contributed by atoms with Crippen LogP contribution < -0.4 is 15.4 Å². The number of ether oxygens (including phenoxy) is 1. The minimum Gasteiger partial charge on any atom is -0.480 e. The monoisotopic (exact) mass is 485 g/mol. The van der Waals surface area contributed by atoms with Crippen LogP contribution >= 0.6 is 11.3 Å². The Morgan fingerprint density at radius 2 is 2.00 bits per heavy atom. The van der Waals surface area contributed by atoms with Crippen LogP contribution in [0, 0.1) is 0 Å². The third kappa shape index (κ3) is 4.76. The van der Waals surface area contributed by atoms with Gasteiger partial charge in [0, 0.05) is 16.2 Å². The van der Waals surface area contributed by atoms with Gasteiger partial charge >= 0.3 is 0 Å². The number of anilines is 1. The minimum absolute atomic E-state index is 0.0512. The summed E-state index contributed by atoms with van der Waals surface area (Å²) in [5, 5.41) is 11.0. The number of benzene rings is 1. The first-order valence-electron chi connectivity index (χ1n) is 10.3. The van der Waals surface area contributed by atoms with Crippen molar-refractivity contribution in [2.45, 2.75) is 25.8 Å². The number of thiophene rings is 1. The lowest BCUT2D eigenvalue weighted by atomic mass is 9.93. The van der Waals surface area contributed by atoms with Crippen molar-refractivity contribution in [3.63, 3.8) is 0 Å². The van der Waals surface area contributed by atoms with Gasteiger partial charge in [-0.25, -0.2) is 13.4 Å². The Labute approximate surface area is 195 Å². The van der Waals surface area contributed by atoms with Crippen LogP contribution in [-0.2, 0) is 9.84 Å². The summed E-state index contributed by atoms with van der Waals surface area (Å²) in [6.07, 6.45) is 1.44. The van der Waals surface area contributed by atoms with Gasteiger partial charge in [0.05, 0.1) is 35.7 Å². The molecule has 0 bridgehead atoms. The van der Waals surface area contributed by atoms with Crippen LogP contribution in [0.25, 0.3) is 10.9 Å². The predicted molar refractivity (Wildman–Crippen MR) is 129 cm³/mol. The molecule has 1 aromatic carbocycles. The molecule has 0 aliphatic carbocycles. The standard InChI is InChI=1S/C23H23N3O5S2/c1-13(2)17-5-4-14-10-18(21(27)25-16-7-9-33(29,30)12-16)23(31-3)26-20(14)19(17)22(28)24-15-6-8-32-11-15/h4-11,13,16H,12H2,1-3H3,(H,24,28)(H,25,27)/t16-/m1/s1. The summed E-state index contributed by atoms with van der Waals surface area (Å²) in [6.45, 7) is 3.98. The molecule has 3 aromatic rings. The number of hydrogen-bond acceptors (Lipinski definition) is 7. The number of carbonyl (C=O) groups excluding carboxylic acids is 2. The molecule has 10 heteroatoms. The van der Waals surface area contributed by atoms with E-state index < -0.39 is 21.8 Å². The fourth-order valence-electron chi connectivity index (χ4n) is 3.72.